The second-order valence-corrected chi connectivity index (χ2v) is 9.33. The van der Waals surface area contributed by atoms with Crippen molar-refractivity contribution in [2.45, 2.75) is 6.92 Å². The first-order valence-corrected chi connectivity index (χ1v) is 11.9. The first kappa shape index (κ1) is 23.0. The van der Waals surface area contributed by atoms with Gasteiger partial charge in [-0.25, -0.2) is 9.78 Å². The summed E-state index contributed by atoms with van der Waals surface area (Å²) >= 11 is 8.03. The number of nitrogens with one attached hydrogen (secondary N) is 1. The molecule has 0 atom stereocenters. The monoisotopic (exact) mass is 501 g/mol. The van der Waals surface area contributed by atoms with Gasteiger partial charge < -0.3 is 14.2 Å². The van der Waals surface area contributed by atoms with Crippen LogP contribution in [0.3, 0.4) is 0 Å². The molecule has 3 aromatic rings. The minimum Gasteiger partial charge on any atom is -0.493 e. The Labute approximate surface area is 203 Å². The molecule has 0 unspecified atom stereocenters. The molecule has 1 aliphatic heterocycles. The number of nitrogens with zero attached hydrogens (tertiary/aromatic N) is 2. The van der Waals surface area contributed by atoms with Crippen LogP contribution in [0.1, 0.15) is 12.5 Å². The summed E-state index contributed by atoms with van der Waals surface area (Å²) in [6.45, 7) is 1.79. The van der Waals surface area contributed by atoms with Crippen LogP contribution in [0.15, 0.2) is 47.4 Å². The molecule has 1 aliphatic rings. The third-order valence-electron chi connectivity index (χ3n) is 4.43. The Morgan fingerprint density at radius 1 is 1.24 bits per heavy atom. The zero-order chi connectivity index (χ0) is 23.4. The van der Waals surface area contributed by atoms with Crippen molar-refractivity contribution in [3.63, 3.8) is 0 Å². The van der Waals surface area contributed by atoms with Gasteiger partial charge >= 0.3 is 5.97 Å². The van der Waals surface area contributed by atoms with E-state index in [-0.39, 0.29) is 19.1 Å². The van der Waals surface area contributed by atoms with Crippen molar-refractivity contribution in [1.29, 1.82) is 0 Å². The molecule has 8 nitrogen and oxygen atoms in total. The molecule has 0 radical (unpaired) electrons. The number of hydrogen-bond donors (Lipinski definition) is 1. The summed E-state index contributed by atoms with van der Waals surface area (Å²) in [6, 6.07) is 12.9. The number of thioether (sulfide) groups is 1. The van der Waals surface area contributed by atoms with Crippen LogP contribution in [0, 0.1) is 0 Å². The Balaban J connectivity index is 1.48. The molecule has 1 aromatic heterocycles. The number of thiazole rings is 1. The molecule has 0 saturated carbocycles. The van der Waals surface area contributed by atoms with Gasteiger partial charge in [0.1, 0.15) is 0 Å². The topological polar surface area (TPSA) is 90.0 Å². The van der Waals surface area contributed by atoms with Crippen molar-refractivity contribution in [2.24, 2.45) is 0 Å². The molecule has 2 heterocycles. The highest BCUT2D eigenvalue weighted by Crippen LogP contribution is 2.36. The minimum atomic E-state index is -0.465. The van der Waals surface area contributed by atoms with E-state index in [0.29, 0.717) is 25.9 Å². The summed E-state index contributed by atoms with van der Waals surface area (Å²) in [7, 11) is 1.50. The third kappa shape index (κ3) is 5.27. The highest BCUT2D eigenvalue weighted by atomic mass is 32.2. The number of para-hydroxylation sites is 1. The number of carbonyl (C=O) groups excluding carboxylic acids is 2. The summed E-state index contributed by atoms with van der Waals surface area (Å²) < 4.78 is 17.1. The molecule has 2 aromatic carbocycles. The predicted molar refractivity (Wildman–Crippen MR) is 133 cm³/mol. The van der Waals surface area contributed by atoms with Gasteiger partial charge in [0.25, 0.3) is 5.91 Å². The Hall–Kier alpha value is -3.15. The van der Waals surface area contributed by atoms with E-state index in [1.807, 2.05) is 24.3 Å². The standard InChI is InChI=1S/C22H19N3O5S3/c1-3-29-19(26)12-30-15-9-8-13(10-16(15)28-2)11-18-20(27)25(22(31)33-18)24-21-23-14-6-4-5-7-17(14)32-21/h4-11H,3,12H2,1-2H3,(H,23,24)/b18-11-. The van der Waals surface area contributed by atoms with E-state index >= 15 is 0 Å². The Kier molecular flexibility index (Phi) is 7.11. The molecule has 4 rings (SSSR count). The lowest BCUT2D eigenvalue weighted by molar-refractivity contribution is -0.145. The molecule has 0 aliphatic carbocycles. The van der Waals surface area contributed by atoms with Crippen LogP contribution in [0.2, 0.25) is 0 Å². The summed E-state index contributed by atoms with van der Waals surface area (Å²) in [5.41, 5.74) is 4.58. The van der Waals surface area contributed by atoms with E-state index < -0.39 is 5.97 Å². The highest BCUT2D eigenvalue weighted by Gasteiger charge is 2.33. The van der Waals surface area contributed by atoms with Gasteiger partial charge in [0, 0.05) is 0 Å². The second-order valence-electron chi connectivity index (χ2n) is 6.62. The largest absolute Gasteiger partial charge is 0.493 e. The highest BCUT2D eigenvalue weighted by molar-refractivity contribution is 8.26. The number of fused-ring (bicyclic) bond motifs is 1. The Morgan fingerprint density at radius 3 is 2.82 bits per heavy atom. The molecule has 1 N–H and O–H groups in total. The summed E-state index contributed by atoms with van der Waals surface area (Å²) in [6.07, 6.45) is 1.72. The number of thiocarbonyl (C=S) groups is 1. The zero-order valence-electron chi connectivity index (χ0n) is 17.7. The lowest BCUT2D eigenvalue weighted by Gasteiger charge is -2.14. The number of carbonyl (C=O) groups is 2. The fraction of sp³-hybridized carbons (Fsp3) is 0.182. The number of amides is 1. The lowest BCUT2D eigenvalue weighted by Crippen LogP contribution is -2.33. The summed E-state index contributed by atoms with van der Waals surface area (Å²) in [5, 5.41) is 1.90. The predicted octanol–water partition coefficient (Wildman–Crippen LogP) is 4.48. The van der Waals surface area contributed by atoms with Crippen LogP contribution in [-0.2, 0) is 14.3 Å². The number of ether oxygens (including phenoxy) is 3. The van der Waals surface area contributed by atoms with E-state index in [1.165, 1.54) is 35.2 Å². The smallest absolute Gasteiger partial charge is 0.344 e. The molecule has 1 fully saturated rings. The average molecular weight is 502 g/mol. The van der Waals surface area contributed by atoms with Crippen LogP contribution >= 0.6 is 35.3 Å². The number of hydrazine groups is 1. The van der Waals surface area contributed by atoms with Gasteiger partial charge in [0.15, 0.2) is 22.4 Å². The molecule has 0 bridgehead atoms. The van der Waals surface area contributed by atoms with Gasteiger partial charge in [-0.1, -0.05) is 41.3 Å². The van der Waals surface area contributed by atoms with E-state index in [1.54, 1.807) is 31.2 Å². The fourth-order valence-electron chi connectivity index (χ4n) is 2.96. The van der Waals surface area contributed by atoms with Crippen molar-refractivity contribution < 1.29 is 23.8 Å². The maximum Gasteiger partial charge on any atom is 0.344 e. The quantitative estimate of drug-likeness (QED) is 0.273. The third-order valence-corrected chi connectivity index (χ3v) is 6.67. The van der Waals surface area contributed by atoms with Crippen LogP contribution in [0.4, 0.5) is 5.13 Å². The van der Waals surface area contributed by atoms with Gasteiger partial charge in [0.2, 0.25) is 5.13 Å². The molecule has 33 heavy (non-hydrogen) atoms. The van der Waals surface area contributed by atoms with E-state index in [0.717, 1.165) is 15.8 Å². The fourth-order valence-corrected chi connectivity index (χ4v) is 5.00. The second kappa shape index (κ2) is 10.2. The molecule has 0 spiro atoms. The average Bonchev–Trinajstić information content (AvgIpc) is 3.34. The Bertz CT molecular complexity index is 1220. The van der Waals surface area contributed by atoms with Crippen molar-refractivity contribution in [3.05, 3.63) is 52.9 Å². The molecular formula is C22H19N3O5S3. The first-order valence-electron chi connectivity index (χ1n) is 9.85. The zero-order valence-corrected chi connectivity index (χ0v) is 20.1. The summed E-state index contributed by atoms with van der Waals surface area (Å²) in [5.74, 6) is 0.0858. The van der Waals surface area contributed by atoms with Crippen LogP contribution in [-0.4, -0.2) is 46.5 Å². The van der Waals surface area contributed by atoms with Gasteiger partial charge in [-0.3, -0.25) is 10.2 Å². The van der Waals surface area contributed by atoms with Crippen molar-refractivity contribution in [2.75, 3.05) is 25.7 Å². The van der Waals surface area contributed by atoms with E-state index in [2.05, 4.69) is 10.4 Å². The van der Waals surface area contributed by atoms with Gasteiger partial charge in [-0.05, 0) is 55.0 Å². The van der Waals surface area contributed by atoms with E-state index in [9.17, 15) is 9.59 Å². The molecule has 11 heteroatoms. The maximum atomic E-state index is 13.0. The number of esters is 1. The molecular weight excluding hydrogens is 482 g/mol. The van der Waals surface area contributed by atoms with Gasteiger partial charge in [-0.15, -0.1) is 0 Å². The number of aromatic nitrogens is 1. The molecule has 1 amide bonds. The van der Waals surface area contributed by atoms with Crippen LogP contribution in [0.25, 0.3) is 16.3 Å². The summed E-state index contributed by atoms with van der Waals surface area (Å²) in [4.78, 5) is 29.4. The lowest BCUT2D eigenvalue weighted by atomic mass is 10.2. The number of methoxy groups -OCH3 is 1. The SMILES string of the molecule is CCOC(=O)COc1ccc(/C=C2\SC(=S)N(Nc3nc4ccccc4s3)C2=O)cc1OC. The number of benzene rings is 2. The molecule has 1 saturated heterocycles. The van der Waals surface area contributed by atoms with Crippen molar-refractivity contribution in [3.8, 4) is 11.5 Å². The normalized spacial score (nSPS) is 14.7. The van der Waals surface area contributed by atoms with Crippen LogP contribution < -0.4 is 14.9 Å². The Morgan fingerprint density at radius 2 is 2.06 bits per heavy atom. The van der Waals surface area contributed by atoms with Crippen molar-refractivity contribution in [1.82, 2.24) is 9.99 Å². The van der Waals surface area contributed by atoms with Crippen molar-refractivity contribution >= 4 is 72.9 Å². The number of rotatable bonds is 8. The number of anilines is 1. The van der Waals surface area contributed by atoms with Crippen LogP contribution in [0.5, 0.6) is 11.5 Å². The van der Waals surface area contributed by atoms with Gasteiger partial charge in [0.05, 0.1) is 28.8 Å². The molecule has 170 valence electrons. The first-order chi connectivity index (χ1) is 16.0. The van der Waals surface area contributed by atoms with Gasteiger partial charge in [-0.2, -0.15) is 5.01 Å². The van der Waals surface area contributed by atoms with E-state index in [4.69, 9.17) is 26.4 Å². The minimum absolute atomic E-state index is 0.223. The maximum absolute atomic E-state index is 13.0. The number of hydrogen-bond acceptors (Lipinski definition) is 10.